The Kier molecular flexibility index (Phi) is 3.77. The maximum atomic E-state index is 13.2. The molecule has 4 heteroatoms. The minimum atomic E-state index is -0.559. The smallest absolute Gasteiger partial charge is 0.167 e. The van der Waals surface area contributed by atoms with E-state index in [0.717, 1.165) is 10.0 Å². The molecule has 0 saturated carbocycles. The lowest BCUT2D eigenvalue weighted by atomic mass is 10.0. The highest BCUT2D eigenvalue weighted by atomic mass is 79.9. The molecule has 0 unspecified atom stereocenters. The van der Waals surface area contributed by atoms with Gasteiger partial charge in [0, 0.05) is 16.5 Å². The van der Waals surface area contributed by atoms with E-state index in [1.165, 1.54) is 12.1 Å². The summed E-state index contributed by atoms with van der Waals surface area (Å²) in [6, 6.07) is 11.6. The molecule has 2 aromatic carbocycles. The van der Waals surface area contributed by atoms with E-state index in [1.807, 2.05) is 24.3 Å². The average Bonchev–Trinajstić information content (AvgIpc) is 2.35. The molecular weight excluding hydrogens is 297 g/mol. The predicted octanol–water partition coefficient (Wildman–Crippen LogP) is 3.60. The van der Waals surface area contributed by atoms with Gasteiger partial charge in [-0.15, -0.1) is 0 Å². The molecule has 2 N–H and O–H groups in total. The van der Waals surface area contributed by atoms with E-state index in [9.17, 15) is 9.18 Å². The largest absolute Gasteiger partial charge is 0.396 e. The summed E-state index contributed by atoms with van der Waals surface area (Å²) >= 11 is 3.33. The lowest BCUT2D eigenvalue weighted by Crippen LogP contribution is -2.04. The molecule has 0 saturated heterocycles. The molecule has 2 rings (SSSR count). The van der Waals surface area contributed by atoms with E-state index in [-0.39, 0.29) is 17.9 Å². The third-order valence-corrected chi connectivity index (χ3v) is 3.13. The van der Waals surface area contributed by atoms with Crippen molar-refractivity contribution in [3.63, 3.8) is 0 Å². The summed E-state index contributed by atoms with van der Waals surface area (Å²) in [5, 5.41) is 0. The number of carbonyl (C=O) groups excluding carboxylic acids is 1. The average molecular weight is 308 g/mol. The van der Waals surface area contributed by atoms with E-state index < -0.39 is 5.82 Å². The summed E-state index contributed by atoms with van der Waals surface area (Å²) in [6.45, 7) is 0. The third kappa shape index (κ3) is 2.96. The predicted molar refractivity (Wildman–Crippen MR) is 73.0 cm³/mol. The molecule has 2 nitrogen and oxygen atoms in total. The second-order valence-corrected chi connectivity index (χ2v) is 4.88. The topological polar surface area (TPSA) is 43.1 Å². The highest BCUT2D eigenvalue weighted by molar-refractivity contribution is 9.10. The summed E-state index contributed by atoms with van der Waals surface area (Å²) < 4.78 is 14.2. The minimum absolute atomic E-state index is 0.0511. The van der Waals surface area contributed by atoms with Gasteiger partial charge in [-0.2, -0.15) is 0 Å². The normalized spacial score (nSPS) is 10.3. The zero-order chi connectivity index (χ0) is 13.1. The summed E-state index contributed by atoms with van der Waals surface area (Å²) in [5.41, 5.74) is 6.64. The molecule has 92 valence electrons. The van der Waals surface area contributed by atoms with E-state index >= 15 is 0 Å². The first kappa shape index (κ1) is 12.8. The first-order valence-corrected chi connectivity index (χ1v) is 6.18. The number of carbonyl (C=O) groups is 1. The highest BCUT2D eigenvalue weighted by Crippen LogP contribution is 2.16. The van der Waals surface area contributed by atoms with Crippen molar-refractivity contribution >= 4 is 27.4 Å². The van der Waals surface area contributed by atoms with Crippen LogP contribution in [0.5, 0.6) is 0 Å². The summed E-state index contributed by atoms with van der Waals surface area (Å²) in [4.78, 5) is 11.9. The molecular formula is C14H11BrFNO. The molecule has 0 aromatic heterocycles. The Labute approximate surface area is 113 Å². The molecule has 0 fully saturated rings. The van der Waals surface area contributed by atoms with E-state index in [0.29, 0.717) is 5.56 Å². The Morgan fingerprint density at radius 1 is 1.17 bits per heavy atom. The Bertz CT molecular complexity index is 581. The number of ketones is 1. The third-order valence-electron chi connectivity index (χ3n) is 2.60. The fourth-order valence-corrected chi connectivity index (χ4v) is 1.85. The van der Waals surface area contributed by atoms with Gasteiger partial charge >= 0.3 is 0 Å². The molecule has 0 bridgehead atoms. The van der Waals surface area contributed by atoms with E-state index in [4.69, 9.17) is 5.73 Å². The van der Waals surface area contributed by atoms with Gasteiger partial charge in [-0.3, -0.25) is 4.79 Å². The fourth-order valence-electron chi connectivity index (χ4n) is 1.59. The van der Waals surface area contributed by atoms with Crippen LogP contribution in [-0.2, 0) is 6.42 Å². The van der Waals surface area contributed by atoms with E-state index in [1.54, 1.807) is 6.07 Å². The van der Waals surface area contributed by atoms with Crippen LogP contribution in [-0.4, -0.2) is 5.78 Å². The van der Waals surface area contributed by atoms with Crippen molar-refractivity contribution in [2.45, 2.75) is 6.42 Å². The number of halogens is 2. The zero-order valence-electron chi connectivity index (χ0n) is 9.49. The zero-order valence-corrected chi connectivity index (χ0v) is 11.1. The number of benzene rings is 2. The van der Waals surface area contributed by atoms with Crippen LogP contribution in [0.3, 0.4) is 0 Å². The highest BCUT2D eigenvalue weighted by Gasteiger charge is 2.09. The second-order valence-electron chi connectivity index (χ2n) is 3.96. The van der Waals surface area contributed by atoms with Crippen molar-refractivity contribution in [3.05, 3.63) is 63.9 Å². The number of nitrogens with two attached hydrogens (primary N) is 1. The van der Waals surface area contributed by atoms with Crippen LogP contribution in [0.4, 0.5) is 10.1 Å². The van der Waals surface area contributed by atoms with Gasteiger partial charge in [-0.05, 0) is 35.9 Å². The fraction of sp³-hybridized carbons (Fsp3) is 0.0714. The number of nitrogen functional groups attached to an aromatic ring is 1. The number of rotatable bonds is 3. The molecule has 2 aromatic rings. The van der Waals surface area contributed by atoms with Crippen molar-refractivity contribution in [1.82, 2.24) is 0 Å². The van der Waals surface area contributed by atoms with Crippen molar-refractivity contribution in [2.24, 2.45) is 0 Å². The van der Waals surface area contributed by atoms with E-state index in [2.05, 4.69) is 15.9 Å². The van der Waals surface area contributed by atoms with Gasteiger partial charge in [0.25, 0.3) is 0 Å². The van der Waals surface area contributed by atoms with Crippen molar-refractivity contribution in [2.75, 3.05) is 5.73 Å². The van der Waals surface area contributed by atoms with Gasteiger partial charge in [-0.1, -0.05) is 28.1 Å². The molecule has 18 heavy (non-hydrogen) atoms. The molecule has 0 spiro atoms. The summed E-state index contributed by atoms with van der Waals surface area (Å²) in [6.07, 6.45) is 0.247. The summed E-state index contributed by atoms with van der Waals surface area (Å²) in [7, 11) is 0. The van der Waals surface area contributed by atoms with Gasteiger partial charge in [-0.25, -0.2) is 4.39 Å². The van der Waals surface area contributed by atoms with Gasteiger partial charge in [0.05, 0.1) is 5.69 Å². The molecule has 0 atom stereocenters. The van der Waals surface area contributed by atoms with Crippen LogP contribution in [0.2, 0.25) is 0 Å². The number of Topliss-reactive ketones (excluding diaryl/α,β-unsaturated/α-hetero) is 1. The SMILES string of the molecule is Nc1ccc(C(=O)Cc2ccc(Br)cc2)cc1F. The van der Waals surface area contributed by atoms with Crippen LogP contribution in [0, 0.1) is 5.82 Å². The van der Waals surface area contributed by atoms with Gasteiger partial charge < -0.3 is 5.73 Å². The van der Waals surface area contributed by atoms with Crippen molar-refractivity contribution in [3.8, 4) is 0 Å². The lowest BCUT2D eigenvalue weighted by Gasteiger charge is -2.03. The monoisotopic (exact) mass is 307 g/mol. The molecule has 0 radical (unpaired) electrons. The van der Waals surface area contributed by atoms with Gasteiger partial charge in [0.15, 0.2) is 5.78 Å². The van der Waals surface area contributed by atoms with Gasteiger partial charge in [0.1, 0.15) is 5.82 Å². The Balaban J connectivity index is 2.16. The quantitative estimate of drug-likeness (QED) is 0.695. The molecule has 0 aliphatic rings. The Morgan fingerprint density at radius 2 is 1.83 bits per heavy atom. The molecule has 0 amide bonds. The maximum absolute atomic E-state index is 13.2. The minimum Gasteiger partial charge on any atom is -0.396 e. The standard InChI is InChI=1S/C14H11BrFNO/c15-11-4-1-9(2-5-11)7-14(18)10-3-6-13(17)12(16)8-10/h1-6,8H,7,17H2. The Hall–Kier alpha value is -1.68. The van der Waals surface area contributed by atoms with Crippen molar-refractivity contribution < 1.29 is 9.18 Å². The summed E-state index contributed by atoms with van der Waals surface area (Å²) in [5.74, 6) is -0.687. The lowest BCUT2D eigenvalue weighted by molar-refractivity contribution is 0.0992. The van der Waals surface area contributed by atoms with Crippen LogP contribution in [0.15, 0.2) is 46.9 Å². The first-order chi connectivity index (χ1) is 8.56. The first-order valence-electron chi connectivity index (χ1n) is 5.39. The number of hydrogen-bond donors (Lipinski definition) is 1. The molecule has 0 aliphatic carbocycles. The van der Waals surface area contributed by atoms with Crippen LogP contribution < -0.4 is 5.73 Å². The molecule has 0 heterocycles. The van der Waals surface area contributed by atoms with Crippen molar-refractivity contribution in [1.29, 1.82) is 0 Å². The van der Waals surface area contributed by atoms with Crippen LogP contribution in [0.1, 0.15) is 15.9 Å². The van der Waals surface area contributed by atoms with Crippen LogP contribution in [0.25, 0.3) is 0 Å². The maximum Gasteiger partial charge on any atom is 0.167 e. The molecule has 0 aliphatic heterocycles. The Morgan fingerprint density at radius 3 is 2.44 bits per heavy atom. The van der Waals surface area contributed by atoms with Gasteiger partial charge in [0.2, 0.25) is 0 Å². The number of anilines is 1. The number of hydrogen-bond acceptors (Lipinski definition) is 2. The second kappa shape index (κ2) is 5.31. The van der Waals surface area contributed by atoms with Crippen LogP contribution >= 0.6 is 15.9 Å².